The first-order chi connectivity index (χ1) is 15.7. The van der Waals surface area contributed by atoms with Crippen molar-refractivity contribution < 1.29 is 14.3 Å². The number of piperidine rings is 1. The Morgan fingerprint density at radius 3 is 2.50 bits per heavy atom. The van der Waals surface area contributed by atoms with Crippen molar-refractivity contribution >= 4 is 17.6 Å². The third-order valence-electron chi connectivity index (χ3n) is 6.89. The number of carbonyl (C=O) groups excluding carboxylic acids is 2. The molecule has 0 bridgehead atoms. The average molecular weight is 435 g/mol. The molecule has 0 atom stereocenters. The number of rotatable bonds is 3. The van der Waals surface area contributed by atoms with E-state index in [0.29, 0.717) is 31.6 Å². The Kier molecular flexibility index (Phi) is 5.99. The molecule has 2 N–H and O–H groups in total. The Morgan fingerprint density at radius 1 is 1.03 bits per heavy atom. The number of allylic oxidation sites excluding steroid dienone is 1. The largest absolute Gasteiger partial charge is 0.381 e. The van der Waals surface area contributed by atoms with E-state index in [1.54, 1.807) is 4.90 Å². The molecule has 168 valence electrons. The van der Waals surface area contributed by atoms with Gasteiger partial charge in [-0.1, -0.05) is 12.1 Å². The maximum Gasteiger partial charge on any atom is 0.326 e. The molecular formula is C25H30N4O3. The van der Waals surface area contributed by atoms with E-state index in [1.165, 1.54) is 5.56 Å². The molecule has 4 heterocycles. The SMILES string of the molecule is O=C(Nc1ccc(C2CCN(C(=O)C3CCOCC3)CC2)cc1)N1C=C2C=CNC=C2C1. The van der Waals surface area contributed by atoms with Gasteiger partial charge in [0.1, 0.15) is 0 Å². The fourth-order valence-corrected chi connectivity index (χ4v) is 4.94. The van der Waals surface area contributed by atoms with Crippen LogP contribution in [0, 0.1) is 5.92 Å². The molecule has 4 aliphatic heterocycles. The summed E-state index contributed by atoms with van der Waals surface area (Å²) in [6, 6.07) is 8.03. The minimum Gasteiger partial charge on any atom is -0.381 e. The van der Waals surface area contributed by atoms with Gasteiger partial charge in [0.2, 0.25) is 5.91 Å². The fraction of sp³-hybridized carbons (Fsp3) is 0.440. The van der Waals surface area contributed by atoms with Gasteiger partial charge in [0.05, 0.1) is 6.54 Å². The number of nitrogens with one attached hydrogen (secondary N) is 2. The van der Waals surface area contributed by atoms with Crippen LogP contribution in [0.3, 0.4) is 0 Å². The van der Waals surface area contributed by atoms with Crippen molar-refractivity contribution in [2.45, 2.75) is 31.6 Å². The number of urea groups is 1. The lowest BCUT2D eigenvalue weighted by Crippen LogP contribution is -2.42. The Balaban J connectivity index is 1.13. The van der Waals surface area contributed by atoms with E-state index in [0.717, 1.165) is 55.6 Å². The Morgan fingerprint density at radius 2 is 1.78 bits per heavy atom. The van der Waals surface area contributed by atoms with Gasteiger partial charge in [-0.25, -0.2) is 4.79 Å². The van der Waals surface area contributed by atoms with Crippen LogP contribution in [0.2, 0.25) is 0 Å². The van der Waals surface area contributed by atoms with Crippen LogP contribution in [0.25, 0.3) is 0 Å². The zero-order valence-corrected chi connectivity index (χ0v) is 18.3. The topological polar surface area (TPSA) is 73.9 Å². The number of anilines is 1. The molecule has 0 aliphatic carbocycles. The second-order valence-electron chi connectivity index (χ2n) is 8.92. The molecule has 2 fully saturated rings. The van der Waals surface area contributed by atoms with Gasteiger partial charge in [-0.05, 0) is 66.5 Å². The second-order valence-corrected chi connectivity index (χ2v) is 8.92. The highest BCUT2D eigenvalue weighted by Gasteiger charge is 2.30. The molecule has 7 heteroatoms. The summed E-state index contributed by atoms with van der Waals surface area (Å²) >= 11 is 0. The maximum atomic E-state index is 12.7. The predicted octanol–water partition coefficient (Wildman–Crippen LogP) is 3.55. The lowest BCUT2D eigenvalue weighted by Gasteiger charge is -2.35. The molecule has 1 aromatic carbocycles. The number of amides is 3. The van der Waals surface area contributed by atoms with Crippen molar-refractivity contribution in [3.63, 3.8) is 0 Å². The average Bonchev–Trinajstić information content (AvgIpc) is 3.29. The number of ether oxygens (including phenoxy) is 1. The van der Waals surface area contributed by atoms with Gasteiger partial charge in [0, 0.05) is 56.5 Å². The second kappa shape index (κ2) is 9.20. The molecule has 0 spiro atoms. The van der Waals surface area contributed by atoms with E-state index in [2.05, 4.69) is 22.8 Å². The van der Waals surface area contributed by atoms with E-state index in [4.69, 9.17) is 4.74 Å². The zero-order chi connectivity index (χ0) is 21.9. The summed E-state index contributed by atoms with van der Waals surface area (Å²) in [5.41, 5.74) is 4.24. The summed E-state index contributed by atoms with van der Waals surface area (Å²) in [4.78, 5) is 29.1. The van der Waals surface area contributed by atoms with E-state index in [-0.39, 0.29) is 11.9 Å². The lowest BCUT2D eigenvalue weighted by molar-refractivity contribution is -0.139. The number of benzene rings is 1. The quantitative estimate of drug-likeness (QED) is 0.763. The number of nitrogens with zero attached hydrogens (tertiary/aromatic N) is 2. The van der Waals surface area contributed by atoms with Gasteiger partial charge in [-0.15, -0.1) is 0 Å². The molecular weight excluding hydrogens is 404 g/mol. The van der Waals surface area contributed by atoms with Crippen LogP contribution in [0.4, 0.5) is 10.5 Å². The summed E-state index contributed by atoms with van der Waals surface area (Å²) in [5.74, 6) is 0.904. The van der Waals surface area contributed by atoms with Crippen LogP contribution in [0.15, 0.2) is 60.1 Å². The molecule has 2 saturated heterocycles. The summed E-state index contributed by atoms with van der Waals surface area (Å²) in [7, 11) is 0. The smallest absolute Gasteiger partial charge is 0.326 e. The summed E-state index contributed by atoms with van der Waals surface area (Å²) in [6.07, 6.45) is 11.3. The molecule has 32 heavy (non-hydrogen) atoms. The predicted molar refractivity (Wildman–Crippen MR) is 123 cm³/mol. The molecule has 0 unspecified atom stereocenters. The summed E-state index contributed by atoms with van der Waals surface area (Å²) < 4.78 is 5.39. The lowest BCUT2D eigenvalue weighted by atomic mass is 9.88. The maximum absolute atomic E-state index is 12.7. The number of dihydropyridines is 1. The van der Waals surface area contributed by atoms with Crippen LogP contribution in [-0.4, -0.2) is 54.6 Å². The minimum absolute atomic E-state index is 0.131. The van der Waals surface area contributed by atoms with Crippen molar-refractivity contribution in [1.29, 1.82) is 0 Å². The molecule has 3 amide bonds. The van der Waals surface area contributed by atoms with Gasteiger partial charge in [0.25, 0.3) is 0 Å². The van der Waals surface area contributed by atoms with Gasteiger partial charge in [0.15, 0.2) is 0 Å². The fourth-order valence-electron chi connectivity index (χ4n) is 4.94. The number of hydrogen-bond donors (Lipinski definition) is 2. The third-order valence-corrected chi connectivity index (χ3v) is 6.89. The molecule has 7 nitrogen and oxygen atoms in total. The van der Waals surface area contributed by atoms with E-state index >= 15 is 0 Å². The van der Waals surface area contributed by atoms with Gasteiger partial charge in [-0.3, -0.25) is 9.69 Å². The molecule has 0 aromatic heterocycles. The highest BCUT2D eigenvalue weighted by Crippen LogP contribution is 2.31. The minimum atomic E-state index is -0.131. The normalized spacial score (nSPS) is 21.5. The summed E-state index contributed by atoms with van der Waals surface area (Å²) in [6.45, 7) is 3.63. The Labute approximate surface area is 188 Å². The van der Waals surface area contributed by atoms with Gasteiger partial charge >= 0.3 is 6.03 Å². The van der Waals surface area contributed by atoms with Gasteiger partial charge in [-0.2, -0.15) is 0 Å². The van der Waals surface area contributed by atoms with Crippen LogP contribution < -0.4 is 10.6 Å². The van der Waals surface area contributed by atoms with Gasteiger partial charge < -0.3 is 20.3 Å². The third kappa shape index (κ3) is 4.43. The van der Waals surface area contributed by atoms with E-state index in [1.807, 2.05) is 41.7 Å². The first-order valence-corrected chi connectivity index (χ1v) is 11.6. The van der Waals surface area contributed by atoms with Crippen molar-refractivity contribution in [2.24, 2.45) is 5.92 Å². The Hall–Kier alpha value is -3.06. The van der Waals surface area contributed by atoms with Crippen molar-refractivity contribution in [2.75, 3.05) is 38.2 Å². The first-order valence-electron chi connectivity index (χ1n) is 11.6. The van der Waals surface area contributed by atoms with Crippen molar-refractivity contribution in [3.8, 4) is 0 Å². The van der Waals surface area contributed by atoms with Crippen molar-refractivity contribution in [1.82, 2.24) is 15.1 Å². The highest BCUT2D eigenvalue weighted by molar-refractivity contribution is 5.91. The molecule has 1 aromatic rings. The molecule has 4 aliphatic rings. The van der Waals surface area contributed by atoms with Crippen LogP contribution in [0.5, 0.6) is 0 Å². The number of hydrogen-bond acceptors (Lipinski definition) is 4. The molecule has 0 radical (unpaired) electrons. The summed E-state index contributed by atoms with van der Waals surface area (Å²) in [5, 5.41) is 6.05. The zero-order valence-electron chi connectivity index (χ0n) is 18.3. The van der Waals surface area contributed by atoms with Crippen LogP contribution >= 0.6 is 0 Å². The van der Waals surface area contributed by atoms with Crippen LogP contribution in [-0.2, 0) is 9.53 Å². The molecule has 5 rings (SSSR count). The Bertz CT molecular complexity index is 952. The first kappa shape index (κ1) is 20.8. The van der Waals surface area contributed by atoms with E-state index in [9.17, 15) is 9.59 Å². The number of fused-ring (bicyclic) bond motifs is 1. The number of likely N-dealkylation sites (tertiary alicyclic amines) is 1. The highest BCUT2D eigenvalue weighted by atomic mass is 16.5. The van der Waals surface area contributed by atoms with Crippen molar-refractivity contribution in [3.05, 3.63) is 65.7 Å². The monoisotopic (exact) mass is 434 g/mol. The number of carbonyl (C=O) groups is 2. The van der Waals surface area contributed by atoms with Crippen LogP contribution in [0.1, 0.15) is 37.2 Å². The van der Waals surface area contributed by atoms with E-state index < -0.39 is 0 Å². The standard InChI is InChI=1S/C25H30N4O3/c30-24(20-8-13-32-14-9-20)28-11-6-19(7-12-28)18-1-3-23(4-2-18)27-25(31)29-16-21-5-10-26-15-22(21)17-29/h1-5,10,15-16,19-20,26H,6-9,11-14,17H2,(H,27,31). The molecule has 0 saturated carbocycles.